The number of nitrogens with one attached hydrogen (secondary N) is 2. The first kappa shape index (κ1) is 17.5. The molecule has 0 aliphatic rings. The largest absolute Gasteiger partial charge is 0.433 e. The summed E-state index contributed by atoms with van der Waals surface area (Å²) in [4.78, 5) is 18.9. The van der Waals surface area contributed by atoms with Crippen molar-refractivity contribution in [3.8, 4) is 5.75 Å². The van der Waals surface area contributed by atoms with Gasteiger partial charge in [-0.1, -0.05) is 0 Å². The highest BCUT2D eigenvalue weighted by atomic mass is 19.3. The van der Waals surface area contributed by atoms with Crippen LogP contribution in [0.5, 0.6) is 5.75 Å². The molecule has 2 aromatic heterocycles. The second-order valence-corrected chi connectivity index (χ2v) is 5.24. The number of carbonyl (C=O) groups is 1. The number of aldehydes is 1. The maximum Gasteiger partial charge on any atom is 0.387 e. The number of hydrogen-bond donors (Lipinski definition) is 2. The minimum absolute atomic E-state index is 0.0252. The quantitative estimate of drug-likeness (QED) is 0.600. The Hall–Kier alpha value is -2.90. The zero-order valence-corrected chi connectivity index (χ0v) is 13.1. The lowest BCUT2D eigenvalue weighted by molar-refractivity contribution is -0.0500. The Morgan fingerprint density at radius 1 is 1.29 bits per heavy atom. The minimum Gasteiger partial charge on any atom is -0.433 e. The Kier molecular flexibility index (Phi) is 5.51. The van der Waals surface area contributed by atoms with Gasteiger partial charge in [-0.25, -0.2) is 0 Å². The van der Waals surface area contributed by atoms with E-state index in [1.165, 1.54) is 18.5 Å². The zero-order valence-electron chi connectivity index (χ0n) is 13.1. The van der Waals surface area contributed by atoms with E-state index in [-0.39, 0.29) is 28.8 Å². The third-order valence-corrected chi connectivity index (χ3v) is 2.95. The molecule has 0 aliphatic heterocycles. The van der Waals surface area contributed by atoms with Crippen molar-refractivity contribution in [2.24, 2.45) is 0 Å². The molecule has 0 bridgehead atoms. The summed E-state index contributed by atoms with van der Waals surface area (Å²) in [6.07, 6.45) is 4.49. The molecule has 2 aromatic rings. The van der Waals surface area contributed by atoms with Gasteiger partial charge in [-0.05, 0) is 26.0 Å². The van der Waals surface area contributed by atoms with Crippen LogP contribution >= 0.6 is 0 Å². The predicted molar refractivity (Wildman–Crippen MR) is 85.2 cm³/mol. The fourth-order valence-corrected chi connectivity index (χ4v) is 2.03. The smallest absolute Gasteiger partial charge is 0.387 e. The molecule has 6 nitrogen and oxygen atoms in total. The molecule has 126 valence electrons. The van der Waals surface area contributed by atoms with Crippen LogP contribution in [0.15, 0.2) is 30.7 Å². The van der Waals surface area contributed by atoms with Crippen molar-refractivity contribution in [1.82, 2.24) is 9.97 Å². The van der Waals surface area contributed by atoms with Crippen molar-refractivity contribution in [3.05, 3.63) is 47.5 Å². The Morgan fingerprint density at radius 3 is 2.67 bits per heavy atom. The first-order valence-electron chi connectivity index (χ1n) is 7.11. The van der Waals surface area contributed by atoms with Gasteiger partial charge in [-0.15, -0.1) is 0 Å². The summed E-state index contributed by atoms with van der Waals surface area (Å²) in [5.74, 6) is -0.143. The van der Waals surface area contributed by atoms with Crippen molar-refractivity contribution in [3.63, 3.8) is 0 Å². The van der Waals surface area contributed by atoms with Crippen molar-refractivity contribution >= 4 is 17.7 Å². The normalized spacial score (nSPS) is 10.8. The number of anilines is 1. The summed E-state index contributed by atoms with van der Waals surface area (Å²) < 4.78 is 28.9. The molecule has 2 rings (SSSR count). The average molecular weight is 334 g/mol. The first-order valence-corrected chi connectivity index (χ1v) is 7.11. The molecular formula is C16H16F2N4O2. The summed E-state index contributed by atoms with van der Waals surface area (Å²) in [7, 11) is 0. The number of hydrogen-bond acceptors (Lipinski definition) is 6. The fourth-order valence-electron chi connectivity index (χ4n) is 2.03. The molecule has 0 atom stereocenters. The van der Waals surface area contributed by atoms with Gasteiger partial charge >= 0.3 is 6.61 Å². The molecule has 0 unspecified atom stereocenters. The van der Waals surface area contributed by atoms with E-state index in [1.54, 1.807) is 6.07 Å². The fraction of sp³-hybridized carbons (Fsp3) is 0.250. The summed E-state index contributed by atoms with van der Waals surface area (Å²) in [5.41, 5.74) is 1.39. The van der Waals surface area contributed by atoms with Gasteiger partial charge < -0.3 is 10.1 Å². The maximum absolute atomic E-state index is 12.3. The molecule has 2 N–H and O–H groups in total. The molecule has 0 aliphatic carbocycles. The van der Waals surface area contributed by atoms with Crippen LogP contribution in [0.25, 0.3) is 0 Å². The van der Waals surface area contributed by atoms with Crippen LogP contribution in [0.4, 0.5) is 14.5 Å². The topological polar surface area (TPSA) is 88.0 Å². The van der Waals surface area contributed by atoms with Gasteiger partial charge in [0, 0.05) is 29.6 Å². The Bertz CT molecular complexity index is 751. The summed E-state index contributed by atoms with van der Waals surface area (Å²) in [6.45, 7) is 0.832. The minimum atomic E-state index is -2.97. The van der Waals surface area contributed by atoms with Crippen LogP contribution in [0, 0.1) is 5.41 Å². The van der Waals surface area contributed by atoms with Gasteiger partial charge in [-0.2, -0.15) is 8.78 Å². The van der Waals surface area contributed by atoms with Crippen molar-refractivity contribution in [1.29, 1.82) is 5.41 Å². The van der Waals surface area contributed by atoms with Crippen LogP contribution < -0.4 is 10.1 Å². The third-order valence-electron chi connectivity index (χ3n) is 2.95. The first-order chi connectivity index (χ1) is 11.4. The number of nitrogens with zero attached hydrogens (tertiary/aromatic N) is 2. The van der Waals surface area contributed by atoms with Crippen LogP contribution in [-0.2, 0) is 0 Å². The molecule has 0 radical (unpaired) electrons. The highest BCUT2D eigenvalue weighted by Crippen LogP contribution is 2.21. The summed E-state index contributed by atoms with van der Waals surface area (Å²) in [6, 6.07) is 2.92. The van der Waals surface area contributed by atoms with E-state index in [4.69, 9.17) is 5.41 Å². The van der Waals surface area contributed by atoms with Gasteiger partial charge in [0.25, 0.3) is 0 Å². The number of rotatable bonds is 7. The van der Waals surface area contributed by atoms with E-state index in [1.807, 2.05) is 13.8 Å². The van der Waals surface area contributed by atoms with Crippen LogP contribution in [0.3, 0.4) is 0 Å². The molecule has 0 aromatic carbocycles. The van der Waals surface area contributed by atoms with Gasteiger partial charge in [0.15, 0.2) is 6.29 Å². The maximum atomic E-state index is 12.3. The SMILES string of the molecule is CC(C)Nc1cc(C=O)cnc1C(=N)c1cncc(OC(F)F)c1. The summed E-state index contributed by atoms with van der Waals surface area (Å²) in [5, 5.41) is 11.4. The molecule has 0 saturated heterocycles. The van der Waals surface area contributed by atoms with E-state index in [0.29, 0.717) is 17.5 Å². The van der Waals surface area contributed by atoms with Crippen molar-refractivity contribution < 1.29 is 18.3 Å². The molecule has 8 heteroatoms. The van der Waals surface area contributed by atoms with E-state index in [0.717, 1.165) is 6.20 Å². The average Bonchev–Trinajstić information content (AvgIpc) is 2.53. The lowest BCUT2D eigenvalue weighted by atomic mass is 10.1. The zero-order chi connectivity index (χ0) is 17.7. The Morgan fingerprint density at radius 2 is 2.04 bits per heavy atom. The molecular weight excluding hydrogens is 318 g/mol. The Balaban J connectivity index is 2.40. The standard InChI is InChI=1S/C16H16F2N4O2/c1-9(2)22-13-3-10(8-23)5-21-15(13)14(19)11-4-12(7-20-6-11)24-16(17)18/h3-9,16,19,22H,1-2H3. The lowest BCUT2D eigenvalue weighted by Crippen LogP contribution is -2.16. The molecule has 2 heterocycles. The monoisotopic (exact) mass is 334 g/mol. The van der Waals surface area contributed by atoms with E-state index >= 15 is 0 Å². The van der Waals surface area contributed by atoms with Crippen LogP contribution in [0.1, 0.15) is 35.5 Å². The highest BCUT2D eigenvalue weighted by molar-refractivity contribution is 6.13. The van der Waals surface area contributed by atoms with Crippen LogP contribution in [0.2, 0.25) is 0 Å². The molecule has 0 spiro atoms. The number of aromatic nitrogens is 2. The summed E-state index contributed by atoms with van der Waals surface area (Å²) >= 11 is 0. The molecule has 0 saturated carbocycles. The highest BCUT2D eigenvalue weighted by Gasteiger charge is 2.15. The van der Waals surface area contributed by atoms with E-state index in [9.17, 15) is 13.6 Å². The number of halogens is 2. The van der Waals surface area contributed by atoms with Crippen LogP contribution in [-0.4, -0.2) is 34.6 Å². The van der Waals surface area contributed by atoms with Gasteiger partial charge in [0.1, 0.15) is 11.4 Å². The second kappa shape index (κ2) is 7.58. The molecule has 24 heavy (non-hydrogen) atoms. The molecule has 0 fully saturated rings. The third kappa shape index (κ3) is 4.31. The Labute approximate surface area is 137 Å². The second-order valence-electron chi connectivity index (χ2n) is 5.24. The van der Waals surface area contributed by atoms with E-state index < -0.39 is 6.61 Å². The van der Waals surface area contributed by atoms with Crippen molar-refractivity contribution in [2.75, 3.05) is 5.32 Å². The number of alkyl halides is 2. The lowest BCUT2D eigenvalue weighted by Gasteiger charge is -2.15. The predicted octanol–water partition coefficient (Wildman–Crippen LogP) is 3.13. The van der Waals surface area contributed by atoms with Gasteiger partial charge in [-0.3, -0.25) is 20.2 Å². The molecule has 0 amide bonds. The number of pyridine rings is 2. The van der Waals surface area contributed by atoms with Crippen molar-refractivity contribution in [2.45, 2.75) is 26.5 Å². The number of carbonyl (C=O) groups excluding carboxylic acids is 1. The van der Waals surface area contributed by atoms with Gasteiger partial charge in [0.05, 0.1) is 17.6 Å². The van der Waals surface area contributed by atoms with E-state index in [2.05, 4.69) is 20.0 Å². The number of ether oxygens (including phenoxy) is 1. The van der Waals surface area contributed by atoms with Gasteiger partial charge in [0.2, 0.25) is 0 Å².